The van der Waals surface area contributed by atoms with Gasteiger partial charge in [-0.2, -0.15) is 0 Å². The Hall–Kier alpha value is -0.0500. The van der Waals surface area contributed by atoms with E-state index >= 15 is 0 Å². The highest BCUT2D eigenvalue weighted by molar-refractivity contribution is 9.10. The van der Waals surface area contributed by atoms with Gasteiger partial charge in [0.25, 0.3) is 0 Å². The minimum Gasteiger partial charge on any atom is -0.310 e. The van der Waals surface area contributed by atoms with Crippen LogP contribution >= 0.6 is 27.5 Å². The molecule has 0 aromatic heterocycles. The first-order valence-electron chi connectivity index (χ1n) is 6.39. The molecule has 2 fully saturated rings. The predicted molar refractivity (Wildman–Crippen MR) is 75.2 cm³/mol. The van der Waals surface area contributed by atoms with Crippen LogP contribution in [0.2, 0.25) is 5.02 Å². The van der Waals surface area contributed by atoms with E-state index in [2.05, 4.69) is 27.3 Å². The van der Waals surface area contributed by atoms with E-state index in [4.69, 9.17) is 11.6 Å². The van der Waals surface area contributed by atoms with Crippen molar-refractivity contribution in [2.24, 2.45) is 11.8 Å². The summed E-state index contributed by atoms with van der Waals surface area (Å²) in [6, 6.07) is 6.96. The average molecular weight is 315 g/mol. The lowest BCUT2D eigenvalue weighted by molar-refractivity contribution is 0.351. The Labute approximate surface area is 116 Å². The molecule has 1 aromatic rings. The molecule has 3 atom stereocenters. The van der Waals surface area contributed by atoms with E-state index in [1.807, 2.05) is 12.1 Å². The van der Waals surface area contributed by atoms with Crippen LogP contribution in [0.4, 0.5) is 0 Å². The molecule has 1 nitrogen and oxygen atoms in total. The molecule has 1 aromatic carbocycles. The van der Waals surface area contributed by atoms with Crippen LogP contribution in [-0.2, 0) is 6.54 Å². The third-order valence-electron chi connectivity index (χ3n) is 4.29. The number of benzene rings is 1. The van der Waals surface area contributed by atoms with Crippen molar-refractivity contribution in [1.29, 1.82) is 0 Å². The van der Waals surface area contributed by atoms with E-state index in [0.717, 1.165) is 33.9 Å². The van der Waals surface area contributed by atoms with Crippen LogP contribution in [0.1, 0.15) is 31.2 Å². The van der Waals surface area contributed by atoms with Crippen molar-refractivity contribution >= 4 is 27.5 Å². The highest BCUT2D eigenvalue weighted by Gasteiger charge is 2.38. The summed E-state index contributed by atoms with van der Waals surface area (Å²) in [5.41, 5.74) is 1.28. The zero-order valence-electron chi connectivity index (χ0n) is 9.76. The summed E-state index contributed by atoms with van der Waals surface area (Å²) in [5.74, 6) is 1.94. The molecule has 1 N–H and O–H groups in total. The van der Waals surface area contributed by atoms with Gasteiger partial charge in [-0.1, -0.05) is 24.1 Å². The summed E-state index contributed by atoms with van der Waals surface area (Å²) in [7, 11) is 0. The van der Waals surface area contributed by atoms with Crippen LogP contribution in [-0.4, -0.2) is 6.04 Å². The molecule has 17 heavy (non-hydrogen) atoms. The summed E-state index contributed by atoms with van der Waals surface area (Å²) >= 11 is 9.52. The van der Waals surface area contributed by atoms with Crippen molar-refractivity contribution in [2.75, 3.05) is 0 Å². The van der Waals surface area contributed by atoms with Crippen LogP contribution in [0.5, 0.6) is 0 Å². The topological polar surface area (TPSA) is 12.0 Å². The minimum absolute atomic E-state index is 0.746. The number of fused-ring (bicyclic) bond motifs is 2. The van der Waals surface area contributed by atoms with Gasteiger partial charge in [-0.15, -0.1) is 0 Å². The summed E-state index contributed by atoms with van der Waals surface area (Å²) in [6.07, 6.45) is 5.74. The fourth-order valence-corrected chi connectivity index (χ4v) is 3.84. The van der Waals surface area contributed by atoms with E-state index < -0.39 is 0 Å². The molecule has 3 unspecified atom stereocenters. The van der Waals surface area contributed by atoms with E-state index in [9.17, 15) is 0 Å². The fourth-order valence-electron chi connectivity index (χ4n) is 3.39. The van der Waals surface area contributed by atoms with Gasteiger partial charge in [0.2, 0.25) is 0 Å². The van der Waals surface area contributed by atoms with Gasteiger partial charge in [-0.05, 0) is 64.7 Å². The molecular weight excluding hydrogens is 298 g/mol. The van der Waals surface area contributed by atoms with Crippen molar-refractivity contribution < 1.29 is 0 Å². The maximum absolute atomic E-state index is 6.10. The molecule has 2 bridgehead atoms. The molecule has 2 aliphatic rings. The fraction of sp³-hybridized carbons (Fsp3) is 0.571. The molecule has 2 aliphatic carbocycles. The molecule has 0 saturated heterocycles. The number of nitrogens with one attached hydrogen (secondary N) is 1. The zero-order chi connectivity index (χ0) is 11.8. The quantitative estimate of drug-likeness (QED) is 0.873. The van der Waals surface area contributed by atoms with Crippen LogP contribution in [0.25, 0.3) is 0 Å². The largest absolute Gasteiger partial charge is 0.310 e. The third-order valence-corrected chi connectivity index (χ3v) is 5.52. The SMILES string of the molecule is Clc1cc(CNC2CC3CCC2C3)ccc1Br. The first-order chi connectivity index (χ1) is 8.22. The summed E-state index contributed by atoms with van der Waals surface area (Å²) < 4.78 is 0.975. The number of hydrogen-bond donors (Lipinski definition) is 1. The second-order valence-electron chi connectivity index (χ2n) is 5.41. The molecule has 3 rings (SSSR count). The highest BCUT2D eigenvalue weighted by atomic mass is 79.9. The van der Waals surface area contributed by atoms with Crippen molar-refractivity contribution in [3.05, 3.63) is 33.3 Å². The van der Waals surface area contributed by atoms with Crippen LogP contribution in [0.3, 0.4) is 0 Å². The maximum atomic E-state index is 6.10. The number of rotatable bonds is 3. The Balaban J connectivity index is 1.59. The molecule has 3 heteroatoms. The van der Waals surface area contributed by atoms with Gasteiger partial charge in [0.1, 0.15) is 0 Å². The molecular formula is C14H17BrClN. The standard InChI is InChI=1S/C14H17BrClN/c15-12-4-2-10(6-13(12)16)8-17-14-7-9-1-3-11(14)5-9/h2,4,6,9,11,14,17H,1,3,5,7-8H2. The Bertz CT molecular complexity index is 421. The first kappa shape index (κ1) is 12.0. The van der Waals surface area contributed by atoms with Crippen molar-refractivity contribution in [1.82, 2.24) is 5.32 Å². The summed E-state index contributed by atoms with van der Waals surface area (Å²) in [6.45, 7) is 0.945. The van der Waals surface area contributed by atoms with E-state index in [-0.39, 0.29) is 0 Å². The zero-order valence-corrected chi connectivity index (χ0v) is 12.1. The van der Waals surface area contributed by atoms with Crippen molar-refractivity contribution in [2.45, 2.75) is 38.3 Å². The summed E-state index contributed by atoms with van der Waals surface area (Å²) in [5, 5.41) is 4.51. The van der Waals surface area contributed by atoms with E-state index in [1.165, 1.54) is 31.2 Å². The Morgan fingerprint density at radius 3 is 2.82 bits per heavy atom. The Morgan fingerprint density at radius 2 is 2.18 bits per heavy atom. The lowest BCUT2D eigenvalue weighted by atomic mass is 9.95. The second-order valence-corrected chi connectivity index (χ2v) is 6.67. The van der Waals surface area contributed by atoms with Gasteiger partial charge in [0.05, 0.1) is 5.02 Å². The normalized spacial score (nSPS) is 31.1. The monoisotopic (exact) mass is 313 g/mol. The molecule has 0 aliphatic heterocycles. The number of hydrogen-bond acceptors (Lipinski definition) is 1. The first-order valence-corrected chi connectivity index (χ1v) is 7.57. The molecule has 92 valence electrons. The van der Waals surface area contributed by atoms with Crippen LogP contribution in [0, 0.1) is 11.8 Å². The second kappa shape index (κ2) is 4.91. The van der Waals surface area contributed by atoms with Crippen molar-refractivity contribution in [3.63, 3.8) is 0 Å². The lowest BCUT2D eigenvalue weighted by Gasteiger charge is -2.23. The molecule has 2 saturated carbocycles. The highest BCUT2D eigenvalue weighted by Crippen LogP contribution is 2.44. The Morgan fingerprint density at radius 1 is 1.29 bits per heavy atom. The van der Waals surface area contributed by atoms with Gasteiger partial charge in [0, 0.05) is 17.1 Å². The van der Waals surface area contributed by atoms with Gasteiger partial charge in [0.15, 0.2) is 0 Å². The van der Waals surface area contributed by atoms with Gasteiger partial charge in [-0.3, -0.25) is 0 Å². The smallest absolute Gasteiger partial charge is 0.0551 e. The lowest BCUT2D eigenvalue weighted by Crippen LogP contribution is -2.33. The predicted octanol–water partition coefficient (Wildman–Crippen LogP) is 4.38. The molecule has 0 radical (unpaired) electrons. The number of halogens is 2. The third kappa shape index (κ3) is 2.54. The van der Waals surface area contributed by atoms with Gasteiger partial charge < -0.3 is 5.32 Å². The van der Waals surface area contributed by atoms with E-state index in [0.29, 0.717) is 0 Å². The van der Waals surface area contributed by atoms with Crippen molar-refractivity contribution in [3.8, 4) is 0 Å². The average Bonchev–Trinajstić information content (AvgIpc) is 2.92. The van der Waals surface area contributed by atoms with E-state index in [1.54, 1.807) is 0 Å². The van der Waals surface area contributed by atoms with Crippen LogP contribution in [0.15, 0.2) is 22.7 Å². The molecule has 0 spiro atoms. The van der Waals surface area contributed by atoms with Gasteiger partial charge >= 0.3 is 0 Å². The molecule has 0 amide bonds. The van der Waals surface area contributed by atoms with Gasteiger partial charge in [-0.25, -0.2) is 0 Å². The maximum Gasteiger partial charge on any atom is 0.0551 e. The minimum atomic E-state index is 0.746. The summed E-state index contributed by atoms with van der Waals surface area (Å²) in [4.78, 5) is 0. The molecule has 0 heterocycles. The Kier molecular flexibility index (Phi) is 3.47. The van der Waals surface area contributed by atoms with Crippen LogP contribution < -0.4 is 5.32 Å².